The molecular formula is C20H23N3O4. The van der Waals surface area contributed by atoms with E-state index in [-0.39, 0.29) is 36.4 Å². The quantitative estimate of drug-likeness (QED) is 0.731. The minimum atomic E-state index is -0.596. The van der Waals surface area contributed by atoms with Crippen molar-refractivity contribution in [3.63, 3.8) is 0 Å². The molecule has 0 unspecified atom stereocenters. The number of benzene rings is 1. The highest BCUT2D eigenvalue weighted by Gasteiger charge is 2.31. The Kier molecular flexibility index (Phi) is 5.71. The first-order chi connectivity index (χ1) is 13.0. The fraction of sp³-hybridized carbons (Fsp3) is 0.350. The van der Waals surface area contributed by atoms with Gasteiger partial charge in [0.05, 0.1) is 6.61 Å². The van der Waals surface area contributed by atoms with Gasteiger partial charge in [-0.05, 0) is 42.7 Å². The summed E-state index contributed by atoms with van der Waals surface area (Å²) in [4.78, 5) is 30.5. The maximum absolute atomic E-state index is 12.6. The Morgan fingerprint density at radius 2 is 2.07 bits per heavy atom. The normalized spacial score (nSPS) is 13.3. The third-order valence-electron chi connectivity index (χ3n) is 4.44. The van der Waals surface area contributed by atoms with Crippen LogP contribution in [0.25, 0.3) is 0 Å². The minimum absolute atomic E-state index is 0.0631. The van der Waals surface area contributed by atoms with Crippen LogP contribution < -0.4 is 10.5 Å². The number of nitrogens with two attached hydrogens (primary N) is 1. The number of carbonyl (C=O) groups is 2. The van der Waals surface area contributed by atoms with Gasteiger partial charge in [-0.15, -0.1) is 0 Å². The molecule has 1 saturated carbocycles. The molecule has 0 saturated heterocycles. The first-order valence-corrected chi connectivity index (χ1v) is 8.88. The number of hydrogen-bond acceptors (Lipinski definition) is 5. The molecule has 0 radical (unpaired) electrons. The van der Waals surface area contributed by atoms with Crippen LogP contribution in [0.4, 0.5) is 0 Å². The number of aromatic nitrogens is 1. The average Bonchev–Trinajstić information content (AvgIpc) is 3.50. The third-order valence-corrected chi connectivity index (χ3v) is 4.44. The fourth-order valence-electron chi connectivity index (χ4n) is 2.86. The van der Waals surface area contributed by atoms with E-state index in [0.717, 1.165) is 18.4 Å². The topological polar surface area (TPSA) is 106 Å². The second-order valence-electron chi connectivity index (χ2n) is 6.64. The van der Waals surface area contributed by atoms with Gasteiger partial charge in [0.1, 0.15) is 18.1 Å². The zero-order chi connectivity index (χ0) is 19.4. The van der Waals surface area contributed by atoms with Gasteiger partial charge in [-0.25, -0.2) is 4.98 Å². The van der Waals surface area contributed by atoms with Crippen molar-refractivity contribution in [3.05, 3.63) is 58.9 Å². The molecule has 7 nitrogen and oxygen atoms in total. The van der Waals surface area contributed by atoms with Gasteiger partial charge in [0, 0.05) is 30.8 Å². The molecule has 1 aromatic carbocycles. The van der Waals surface area contributed by atoms with E-state index in [9.17, 15) is 9.59 Å². The second kappa shape index (κ2) is 8.18. The van der Waals surface area contributed by atoms with Crippen LogP contribution in [0.3, 0.4) is 0 Å². The van der Waals surface area contributed by atoms with Crippen molar-refractivity contribution < 1.29 is 19.4 Å². The Morgan fingerprint density at radius 1 is 1.30 bits per heavy atom. The van der Waals surface area contributed by atoms with E-state index in [2.05, 4.69) is 4.98 Å². The molecule has 0 aliphatic heterocycles. The van der Waals surface area contributed by atoms with E-state index in [1.54, 1.807) is 24.1 Å². The molecule has 1 aliphatic rings. The molecule has 7 heteroatoms. The van der Waals surface area contributed by atoms with E-state index in [1.165, 1.54) is 6.07 Å². The number of pyridine rings is 1. The van der Waals surface area contributed by atoms with Crippen LogP contribution in [0.15, 0.2) is 36.4 Å². The van der Waals surface area contributed by atoms with Gasteiger partial charge >= 0.3 is 0 Å². The highest BCUT2D eigenvalue weighted by molar-refractivity contribution is 5.98. The monoisotopic (exact) mass is 369 g/mol. The fourth-order valence-corrected chi connectivity index (χ4v) is 2.86. The SMILES string of the molecule is CN(C(=O)c1cc(C(N)=O)cc(Cc2cccc(OCCO)c2)n1)C1CC1. The van der Waals surface area contributed by atoms with Gasteiger partial charge < -0.3 is 20.5 Å². The number of aliphatic hydroxyl groups is 1. The Labute approximate surface area is 157 Å². The Morgan fingerprint density at radius 3 is 2.74 bits per heavy atom. The predicted octanol–water partition coefficient (Wildman–Crippen LogP) is 1.38. The first-order valence-electron chi connectivity index (χ1n) is 8.88. The van der Waals surface area contributed by atoms with Crippen molar-refractivity contribution >= 4 is 11.8 Å². The summed E-state index contributed by atoms with van der Waals surface area (Å²) in [6, 6.07) is 10.7. The maximum Gasteiger partial charge on any atom is 0.272 e. The Hall–Kier alpha value is -2.93. The highest BCUT2D eigenvalue weighted by atomic mass is 16.5. The number of amides is 2. The average molecular weight is 369 g/mol. The van der Waals surface area contributed by atoms with Crippen LogP contribution in [0.1, 0.15) is 44.9 Å². The Bertz CT molecular complexity index is 849. The maximum atomic E-state index is 12.6. The number of ether oxygens (including phenoxy) is 1. The van der Waals surface area contributed by atoms with Crippen LogP contribution in [0.2, 0.25) is 0 Å². The summed E-state index contributed by atoms with van der Waals surface area (Å²) in [5.41, 5.74) is 7.42. The van der Waals surface area contributed by atoms with E-state index in [0.29, 0.717) is 17.9 Å². The van der Waals surface area contributed by atoms with Gasteiger partial charge in [0.2, 0.25) is 5.91 Å². The van der Waals surface area contributed by atoms with Crippen LogP contribution in [-0.4, -0.2) is 53.1 Å². The number of carbonyl (C=O) groups excluding carboxylic acids is 2. The molecule has 1 aliphatic carbocycles. The van der Waals surface area contributed by atoms with Crippen LogP contribution >= 0.6 is 0 Å². The lowest BCUT2D eigenvalue weighted by molar-refractivity contribution is 0.0779. The molecule has 142 valence electrons. The predicted molar refractivity (Wildman–Crippen MR) is 99.7 cm³/mol. The van der Waals surface area contributed by atoms with Gasteiger partial charge in [-0.2, -0.15) is 0 Å². The standard InChI is InChI=1S/C20H23N3O4/c1-23(16-5-6-16)20(26)18-12-14(19(21)25)11-15(22-18)9-13-3-2-4-17(10-13)27-8-7-24/h2-4,10-12,16,24H,5-9H2,1H3,(H2,21,25). The summed E-state index contributed by atoms with van der Waals surface area (Å²) in [7, 11) is 1.75. The van der Waals surface area contributed by atoms with Gasteiger partial charge in [-0.1, -0.05) is 12.1 Å². The van der Waals surface area contributed by atoms with Crippen LogP contribution in [0.5, 0.6) is 5.75 Å². The number of primary amides is 1. The smallest absolute Gasteiger partial charge is 0.272 e. The minimum Gasteiger partial charge on any atom is -0.491 e. The van der Waals surface area contributed by atoms with Crippen molar-refractivity contribution in [1.29, 1.82) is 0 Å². The summed E-state index contributed by atoms with van der Waals surface area (Å²) in [6.45, 7) is 0.150. The molecule has 0 atom stereocenters. The molecule has 2 amide bonds. The van der Waals surface area contributed by atoms with E-state index >= 15 is 0 Å². The zero-order valence-corrected chi connectivity index (χ0v) is 15.2. The van der Waals surface area contributed by atoms with Gasteiger partial charge in [0.15, 0.2) is 0 Å². The van der Waals surface area contributed by atoms with Gasteiger partial charge in [-0.3, -0.25) is 9.59 Å². The van der Waals surface area contributed by atoms with Gasteiger partial charge in [0.25, 0.3) is 5.91 Å². The highest BCUT2D eigenvalue weighted by Crippen LogP contribution is 2.26. The van der Waals surface area contributed by atoms with E-state index in [1.807, 2.05) is 18.2 Å². The molecule has 3 N–H and O–H groups in total. The van der Waals surface area contributed by atoms with Crippen LogP contribution in [0, 0.1) is 0 Å². The van der Waals surface area contributed by atoms with E-state index in [4.69, 9.17) is 15.6 Å². The second-order valence-corrected chi connectivity index (χ2v) is 6.64. The van der Waals surface area contributed by atoms with Crippen molar-refractivity contribution in [1.82, 2.24) is 9.88 Å². The lowest BCUT2D eigenvalue weighted by atomic mass is 10.1. The summed E-state index contributed by atoms with van der Waals surface area (Å²) in [6.07, 6.45) is 2.40. The van der Waals surface area contributed by atoms with Crippen molar-refractivity contribution in [3.8, 4) is 5.75 Å². The largest absolute Gasteiger partial charge is 0.491 e. The molecule has 27 heavy (non-hydrogen) atoms. The number of aliphatic hydroxyl groups excluding tert-OH is 1. The van der Waals surface area contributed by atoms with Crippen molar-refractivity contribution in [2.24, 2.45) is 5.73 Å². The molecule has 1 heterocycles. The third kappa shape index (κ3) is 4.83. The Balaban J connectivity index is 1.86. The summed E-state index contributed by atoms with van der Waals surface area (Å²) in [5.74, 6) is -0.166. The van der Waals surface area contributed by atoms with Crippen molar-refractivity contribution in [2.45, 2.75) is 25.3 Å². The molecule has 2 aromatic rings. The van der Waals surface area contributed by atoms with E-state index < -0.39 is 5.91 Å². The van der Waals surface area contributed by atoms with Crippen molar-refractivity contribution in [2.75, 3.05) is 20.3 Å². The molecule has 0 spiro atoms. The molecule has 1 aromatic heterocycles. The summed E-state index contributed by atoms with van der Waals surface area (Å²) in [5, 5.41) is 8.87. The lowest BCUT2D eigenvalue weighted by Gasteiger charge is -2.16. The lowest BCUT2D eigenvalue weighted by Crippen LogP contribution is -2.30. The summed E-state index contributed by atoms with van der Waals surface area (Å²) < 4.78 is 5.42. The number of rotatable bonds is 8. The zero-order valence-electron chi connectivity index (χ0n) is 15.2. The summed E-state index contributed by atoms with van der Waals surface area (Å²) >= 11 is 0. The molecular weight excluding hydrogens is 346 g/mol. The molecule has 0 bridgehead atoms. The number of nitrogens with zero attached hydrogens (tertiary/aromatic N) is 2. The molecule has 1 fully saturated rings. The molecule has 3 rings (SSSR count). The number of hydrogen-bond donors (Lipinski definition) is 2. The van der Waals surface area contributed by atoms with Crippen LogP contribution in [-0.2, 0) is 6.42 Å². The first kappa shape index (κ1) is 18.8.